The van der Waals surface area contributed by atoms with Gasteiger partial charge in [-0.1, -0.05) is 18.2 Å². The lowest BCUT2D eigenvalue weighted by atomic mass is 9.96. The zero-order chi connectivity index (χ0) is 24.5. The van der Waals surface area contributed by atoms with Crippen LogP contribution >= 0.6 is 0 Å². The number of carbonyl (C=O) groups excluding carboxylic acids is 2. The van der Waals surface area contributed by atoms with Crippen LogP contribution in [0.4, 0.5) is 4.39 Å². The van der Waals surface area contributed by atoms with Crippen molar-refractivity contribution in [1.29, 1.82) is 0 Å². The van der Waals surface area contributed by atoms with Gasteiger partial charge in [0.1, 0.15) is 18.2 Å². The van der Waals surface area contributed by atoms with Gasteiger partial charge in [0.2, 0.25) is 5.91 Å². The van der Waals surface area contributed by atoms with Crippen LogP contribution in [-0.4, -0.2) is 41.5 Å². The average Bonchev–Trinajstić information content (AvgIpc) is 3.25. The van der Waals surface area contributed by atoms with Gasteiger partial charge in [-0.15, -0.1) is 0 Å². The Labute approximate surface area is 204 Å². The third-order valence-corrected chi connectivity index (χ3v) is 7.00. The largest absolute Gasteiger partial charge is 0.488 e. The molecule has 2 aliphatic rings. The Balaban J connectivity index is 1.43. The van der Waals surface area contributed by atoms with Crippen molar-refractivity contribution in [1.82, 2.24) is 9.47 Å². The number of nitrogens with zero attached hydrogens (tertiary/aromatic N) is 2. The topological polar surface area (TPSA) is 60.8 Å². The zero-order valence-electron chi connectivity index (χ0n) is 20.1. The summed E-state index contributed by atoms with van der Waals surface area (Å²) >= 11 is 0. The summed E-state index contributed by atoms with van der Waals surface area (Å²) in [5.41, 5.74) is 4.99. The van der Waals surface area contributed by atoms with E-state index in [1.807, 2.05) is 52.8 Å². The lowest BCUT2D eigenvalue weighted by Crippen LogP contribution is -2.40. The van der Waals surface area contributed by atoms with Crippen molar-refractivity contribution in [3.05, 3.63) is 71.2 Å². The van der Waals surface area contributed by atoms with E-state index in [4.69, 9.17) is 9.47 Å². The van der Waals surface area contributed by atoms with Crippen LogP contribution in [-0.2, 0) is 27.4 Å². The summed E-state index contributed by atoms with van der Waals surface area (Å²) in [6, 6.07) is 15.0. The molecule has 6 nitrogen and oxygen atoms in total. The quantitative estimate of drug-likeness (QED) is 0.495. The number of fused-ring (bicyclic) bond motifs is 3. The number of methoxy groups -OCH3 is 1. The third kappa shape index (κ3) is 4.43. The van der Waals surface area contributed by atoms with Crippen molar-refractivity contribution in [2.45, 2.75) is 39.2 Å². The van der Waals surface area contributed by atoms with E-state index in [2.05, 4.69) is 0 Å². The number of carbonyl (C=O) groups is 2. The number of rotatable bonds is 5. The molecule has 1 fully saturated rings. The standard InChI is InChI=1S/C28H29FN2O4/c1-18-7-9-24(23(29)15-18)31-21(16-20-17-35-25-6-4-3-5-22(25)27(20)31)8-10-26(32)30-13-11-19(12-14-30)28(33)34-2/h3-7,9,15-16,19H,8,10-14,17H2,1-2H3. The minimum atomic E-state index is -0.301. The smallest absolute Gasteiger partial charge is 0.308 e. The average molecular weight is 477 g/mol. The Morgan fingerprint density at radius 2 is 1.89 bits per heavy atom. The number of hydrogen-bond donors (Lipinski definition) is 0. The fourth-order valence-electron chi connectivity index (χ4n) is 5.15. The first-order chi connectivity index (χ1) is 17.0. The zero-order valence-corrected chi connectivity index (χ0v) is 20.1. The molecule has 0 aliphatic carbocycles. The number of benzene rings is 2. The van der Waals surface area contributed by atoms with Gasteiger partial charge >= 0.3 is 5.97 Å². The number of halogens is 1. The van der Waals surface area contributed by atoms with Gasteiger partial charge in [0, 0.05) is 36.3 Å². The van der Waals surface area contributed by atoms with Crippen LogP contribution in [0.15, 0.2) is 48.5 Å². The molecule has 0 saturated carbocycles. The summed E-state index contributed by atoms with van der Waals surface area (Å²) in [6.45, 7) is 3.35. The van der Waals surface area contributed by atoms with Crippen molar-refractivity contribution < 1.29 is 23.5 Å². The molecule has 1 amide bonds. The minimum absolute atomic E-state index is 0.0417. The second-order valence-corrected chi connectivity index (χ2v) is 9.26. The number of esters is 1. The molecule has 0 radical (unpaired) electrons. The molecule has 0 atom stereocenters. The number of amides is 1. The van der Waals surface area contributed by atoms with Crippen molar-refractivity contribution in [3.63, 3.8) is 0 Å². The third-order valence-electron chi connectivity index (χ3n) is 7.00. The van der Waals surface area contributed by atoms with Crippen molar-refractivity contribution in [3.8, 4) is 22.7 Å². The SMILES string of the molecule is COC(=O)C1CCN(C(=O)CCc2cc3c(n2-c2ccc(C)cc2F)-c2ccccc2OC3)CC1. The fraction of sp³-hybridized carbons (Fsp3) is 0.357. The maximum Gasteiger partial charge on any atom is 0.308 e. The summed E-state index contributed by atoms with van der Waals surface area (Å²) in [5.74, 6) is 0.161. The second-order valence-electron chi connectivity index (χ2n) is 9.26. The molecule has 35 heavy (non-hydrogen) atoms. The summed E-state index contributed by atoms with van der Waals surface area (Å²) in [5, 5.41) is 0. The highest BCUT2D eigenvalue weighted by Crippen LogP contribution is 2.41. The van der Waals surface area contributed by atoms with Crippen LogP contribution in [0.25, 0.3) is 16.9 Å². The number of likely N-dealkylation sites (tertiary alicyclic amines) is 1. The molecule has 7 heteroatoms. The van der Waals surface area contributed by atoms with Gasteiger partial charge in [-0.05, 0) is 62.1 Å². The van der Waals surface area contributed by atoms with E-state index in [0.29, 0.717) is 51.1 Å². The molecule has 182 valence electrons. The highest BCUT2D eigenvalue weighted by atomic mass is 19.1. The Hall–Kier alpha value is -3.61. The Morgan fingerprint density at radius 3 is 2.63 bits per heavy atom. The molecule has 0 unspecified atom stereocenters. The highest BCUT2D eigenvalue weighted by molar-refractivity contribution is 5.78. The van der Waals surface area contributed by atoms with Crippen LogP contribution in [0.3, 0.4) is 0 Å². The van der Waals surface area contributed by atoms with E-state index in [0.717, 1.165) is 33.8 Å². The summed E-state index contributed by atoms with van der Waals surface area (Å²) in [6.07, 6.45) is 2.01. The van der Waals surface area contributed by atoms with E-state index in [-0.39, 0.29) is 23.6 Å². The second kappa shape index (κ2) is 9.56. The molecule has 5 rings (SSSR count). The molecule has 2 aliphatic heterocycles. The summed E-state index contributed by atoms with van der Waals surface area (Å²) in [4.78, 5) is 26.6. The molecule has 1 saturated heterocycles. The molecule has 0 bridgehead atoms. The van der Waals surface area contributed by atoms with E-state index >= 15 is 4.39 Å². The highest BCUT2D eigenvalue weighted by Gasteiger charge is 2.29. The molecular formula is C28H29FN2O4. The maximum atomic E-state index is 15.2. The molecule has 0 N–H and O–H groups in total. The van der Waals surface area contributed by atoms with Gasteiger partial charge < -0.3 is 18.9 Å². The number of aromatic nitrogens is 1. The van der Waals surface area contributed by atoms with Gasteiger partial charge in [0.15, 0.2) is 0 Å². The van der Waals surface area contributed by atoms with E-state index in [9.17, 15) is 9.59 Å². The number of piperidine rings is 1. The molecule has 3 heterocycles. The van der Waals surface area contributed by atoms with Gasteiger partial charge in [-0.2, -0.15) is 0 Å². The van der Waals surface area contributed by atoms with Crippen LogP contribution < -0.4 is 4.74 Å². The lowest BCUT2D eigenvalue weighted by Gasteiger charge is -2.30. The van der Waals surface area contributed by atoms with Crippen LogP contribution in [0.2, 0.25) is 0 Å². The van der Waals surface area contributed by atoms with E-state index in [1.54, 1.807) is 6.07 Å². The molecule has 0 spiro atoms. The predicted octanol–water partition coefficient (Wildman–Crippen LogP) is 4.83. The van der Waals surface area contributed by atoms with Crippen molar-refractivity contribution in [2.24, 2.45) is 5.92 Å². The van der Waals surface area contributed by atoms with Crippen LogP contribution in [0.5, 0.6) is 5.75 Å². The molecule has 3 aromatic rings. The molecule has 1 aromatic heterocycles. The first kappa shape index (κ1) is 23.1. The van der Waals surface area contributed by atoms with Crippen molar-refractivity contribution >= 4 is 11.9 Å². The van der Waals surface area contributed by atoms with E-state index < -0.39 is 0 Å². The molecular weight excluding hydrogens is 447 g/mol. The van der Waals surface area contributed by atoms with Gasteiger partial charge in [-0.3, -0.25) is 9.59 Å². The number of hydrogen-bond acceptors (Lipinski definition) is 4. The molecule has 2 aromatic carbocycles. The fourth-order valence-corrected chi connectivity index (χ4v) is 5.15. The Kier molecular flexibility index (Phi) is 6.32. The monoisotopic (exact) mass is 476 g/mol. The number of aryl methyl sites for hydroxylation is 2. The van der Waals surface area contributed by atoms with Crippen LogP contribution in [0, 0.1) is 18.7 Å². The first-order valence-corrected chi connectivity index (χ1v) is 12.0. The predicted molar refractivity (Wildman–Crippen MR) is 130 cm³/mol. The van der Waals surface area contributed by atoms with Gasteiger partial charge in [-0.25, -0.2) is 4.39 Å². The van der Waals surface area contributed by atoms with Gasteiger partial charge in [0.05, 0.1) is 24.4 Å². The maximum absolute atomic E-state index is 15.2. The Bertz CT molecular complexity index is 1270. The van der Waals surface area contributed by atoms with Gasteiger partial charge in [0.25, 0.3) is 0 Å². The minimum Gasteiger partial charge on any atom is -0.488 e. The lowest BCUT2D eigenvalue weighted by molar-refractivity contribution is -0.148. The Morgan fingerprint density at radius 1 is 1.11 bits per heavy atom. The summed E-state index contributed by atoms with van der Waals surface area (Å²) in [7, 11) is 1.40. The summed E-state index contributed by atoms with van der Waals surface area (Å²) < 4.78 is 27.9. The van der Waals surface area contributed by atoms with E-state index in [1.165, 1.54) is 13.2 Å². The normalized spacial score (nSPS) is 15.2. The first-order valence-electron chi connectivity index (χ1n) is 12.0. The number of ether oxygens (including phenoxy) is 2. The number of para-hydroxylation sites is 1. The van der Waals surface area contributed by atoms with Crippen molar-refractivity contribution in [2.75, 3.05) is 20.2 Å². The van der Waals surface area contributed by atoms with Crippen LogP contribution in [0.1, 0.15) is 36.1 Å².